The Kier molecular flexibility index (Phi) is 3.11. The molecule has 1 atom stereocenters. The molecule has 0 aliphatic carbocycles. The van der Waals surface area contributed by atoms with Crippen molar-refractivity contribution in [2.45, 2.75) is 12.5 Å². The molecule has 1 saturated heterocycles. The summed E-state index contributed by atoms with van der Waals surface area (Å²) in [5.74, 6) is 0.261. The van der Waals surface area contributed by atoms with Crippen molar-refractivity contribution in [1.82, 2.24) is 4.98 Å². The van der Waals surface area contributed by atoms with Gasteiger partial charge in [0, 0.05) is 10.7 Å². The summed E-state index contributed by atoms with van der Waals surface area (Å²) in [5, 5.41) is 9.43. The van der Waals surface area contributed by atoms with Crippen molar-refractivity contribution < 1.29 is 14.6 Å². The molecule has 1 aromatic heterocycles. The van der Waals surface area contributed by atoms with Gasteiger partial charge in [-0.2, -0.15) is 0 Å². The van der Waals surface area contributed by atoms with Gasteiger partial charge in [0.15, 0.2) is 0 Å². The number of pyridine rings is 1. The number of hydrogen-bond donors (Lipinski definition) is 1. The molecule has 0 aromatic carbocycles. The van der Waals surface area contributed by atoms with Crippen LogP contribution in [0.15, 0.2) is 16.7 Å². The fourth-order valence-electron chi connectivity index (χ4n) is 1.69. The van der Waals surface area contributed by atoms with E-state index in [1.165, 1.54) is 12.0 Å². The number of carbonyl (C=O) groups excluding carboxylic acids is 1. The smallest absolute Gasteiger partial charge is 0.237 e. The minimum absolute atomic E-state index is 0.120. The van der Waals surface area contributed by atoms with E-state index in [0.717, 1.165) is 4.47 Å². The van der Waals surface area contributed by atoms with Crippen LogP contribution in [0.2, 0.25) is 0 Å². The standard InChI is InChI=1S/C10H11BrN2O3/c1-16-10-8(2-6(11)4-12-10)13-5-7(14)3-9(13)15/h2,4,7,14H,3,5H2,1H3. The van der Waals surface area contributed by atoms with Crippen LogP contribution in [-0.2, 0) is 4.79 Å². The Balaban J connectivity index is 2.39. The number of aliphatic hydroxyl groups excluding tert-OH is 1. The molecule has 86 valence electrons. The Labute approximate surface area is 101 Å². The molecule has 0 saturated carbocycles. The Bertz CT molecular complexity index is 425. The first kappa shape index (κ1) is 11.3. The average molecular weight is 287 g/mol. The van der Waals surface area contributed by atoms with Crippen LogP contribution in [0.1, 0.15) is 6.42 Å². The predicted octanol–water partition coefficient (Wildman–Crippen LogP) is 0.950. The molecule has 1 amide bonds. The van der Waals surface area contributed by atoms with Crippen LogP contribution in [-0.4, -0.2) is 35.8 Å². The van der Waals surface area contributed by atoms with Crippen LogP contribution in [0, 0.1) is 0 Å². The van der Waals surface area contributed by atoms with Crippen molar-refractivity contribution in [3.05, 3.63) is 16.7 Å². The van der Waals surface area contributed by atoms with Crippen molar-refractivity contribution >= 4 is 27.5 Å². The molecule has 1 N–H and O–H groups in total. The van der Waals surface area contributed by atoms with Crippen LogP contribution < -0.4 is 9.64 Å². The van der Waals surface area contributed by atoms with E-state index in [9.17, 15) is 9.90 Å². The third-order valence-electron chi connectivity index (χ3n) is 2.39. The maximum absolute atomic E-state index is 11.6. The third kappa shape index (κ3) is 2.03. The van der Waals surface area contributed by atoms with Gasteiger partial charge in [0.2, 0.25) is 11.8 Å². The normalized spacial score (nSPS) is 20.3. The number of aliphatic hydroxyl groups is 1. The Morgan fingerprint density at radius 3 is 3.00 bits per heavy atom. The summed E-state index contributed by atoms with van der Waals surface area (Å²) in [6.45, 7) is 0.285. The average Bonchev–Trinajstić information content (AvgIpc) is 2.57. The van der Waals surface area contributed by atoms with E-state index in [1.54, 1.807) is 12.3 Å². The number of nitrogens with zero attached hydrogens (tertiary/aromatic N) is 2. The highest BCUT2D eigenvalue weighted by molar-refractivity contribution is 9.10. The number of carbonyl (C=O) groups is 1. The second-order valence-electron chi connectivity index (χ2n) is 3.54. The molecule has 1 aliphatic heterocycles. The van der Waals surface area contributed by atoms with Crippen molar-refractivity contribution in [2.24, 2.45) is 0 Å². The fraction of sp³-hybridized carbons (Fsp3) is 0.400. The summed E-state index contributed by atoms with van der Waals surface area (Å²) in [6.07, 6.45) is 1.13. The number of rotatable bonds is 2. The summed E-state index contributed by atoms with van der Waals surface area (Å²) in [7, 11) is 1.50. The molecule has 0 bridgehead atoms. The van der Waals surface area contributed by atoms with Crippen molar-refractivity contribution in [3.63, 3.8) is 0 Å². The highest BCUT2D eigenvalue weighted by Crippen LogP contribution is 2.31. The lowest BCUT2D eigenvalue weighted by molar-refractivity contribution is -0.117. The summed E-state index contributed by atoms with van der Waals surface area (Å²) in [5.41, 5.74) is 0.582. The van der Waals surface area contributed by atoms with Crippen LogP contribution in [0.3, 0.4) is 0 Å². The van der Waals surface area contributed by atoms with Gasteiger partial charge in [-0.1, -0.05) is 0 Å². The quantitative estimate of drug-likeness (QED) is 0.879. The first-order chi connectivity index (χ1) is 7.61. The number of anilines is 1. The highest BCUT2D eigenvalue weighted by atomic mass is 79.9. The molecule has 1 aromatic rings. The number of β-amino-alcohol motifs (C(OH)–C–C–N with tert-alkyl or cyclic N) is 1. The minimum atomic E-state index is -0.615. The van der Waals surface area contributed by atoms with Gasteiger partial charge in [-0.05, 0) is 22.0 Å². The Morgan fingerprint density at radius 1 is 1.69 bits per heavy atom. The van der Waals surface area contributed by atoms with E-state index in [2.05, 4.69) is 20.9 Å². The third-order valence-corrected chi connectivity index (χ3v) is 2.82. The Hall–Kier alpha value is -1.14. The number of ether oxygens (including phenoxy) is 1. The van der Waals surface area contributed by atoms with Crippen molar-refractivity contribution in [3.8, 4) is 5.88 Å². The number of halogens is 1. The molecule has 16 heavy (non-hydrogen) atoms. The summed E-state index contributed by atoms with van der Waals surface area (Å²) >= 11 is 3.29. The zero-order valence-corrected chi connectivity index (χ0v) is 10.3. The molecule has 5 nitrogen and oxygen atoms in total. The van der Waals surface area contributed by atoms with E-state index in [1.807, 2.05) is 0 Å². The molecular weight excluding hydrogens is 276 g/mol. The van der Waals surface area contributed by atoms with Gasteiger partial charge in [-0.25, -0.2) is 4.98 Å². The lowest BCUT2D eigenvalue weighted by atomic mass is 10.3. The van der Waals surface area contributed by atoms with Gasteiger partial charge in [0.05, 0.1) is 26.2 Å². The maximum atomic E-state index is 11.6. The number of methoxy groups -OCH3 is 1. The summed E-state index contributed by atoms with van der Waals surface area (Å²) in [4.78, 5) is 17.2. The monoisotopic (exact) mass is 286 g/mol. The molecule has 1 aliphatic rings. The van der Waals surface area contributed by atoms with Crippen LogP contribution in [0.25, 0.3) is 0 Å². The molecule has 6 heteroatoms. The number of aromatic nitrogens is 1. The van der Waals surface area contributed by atoms with Gasteiger partial charge in [0.25, 0.3) is 0 Å². The second kappa shape index (κ2) is 4.39. The molecule has 1 fully saturated rings. The largest absolute Gasteiger partial charge is 0.480 e. The molecule has 0 radical (unpaired) electrons. The van der Waals surface area contributed by atoms with Gasteiger partial charge < -0.3 is 14.7 Å². The number of amides is 1. The van der Waals surface area contributed by atoms with E-state index in [-0.39, 0.29) is 18.9 Å². The summed E-state index contributed by atoms with van der Waals surface area (Å²) in [6, 6.07) is 1.75. The molecule has 1 unspecified atom stereocenters. The fourth-order valence-corrected chi connectivity index (χ4v) is 2.01. The lowest BCUT2D eigenvalue weighted by Gasteiger charge is -2.18. The predicted molar refractivity (Wildman–Crippen MR) is 61.5 cm³/mol. The minimum Gasteiger partial charge on any atom is -0.480 e. The highest BCUT2D eigenvalue weighted by Gasteiger charge is 2.31. The van der Waals surface area contributed by atoms with Gasteiger partial charge in [-0.15, -0.1) is 0 Å². The van der Waals surface area contributed by atoms with E-state index in [0.29, 0.717) is 11.6 Å². The van der Waals surface area contributed by atoms with Gasteiger partial charge >= 0.3 is 0 Å². The van der Waals surface area contributed by atoms with Crippen LogP contribution in [0.4, 0.5) is 5.69 Å². The lowest BCUT2D eigenvalue weighted by Crippen LogP contribution is -2.26. The Morgan fingerprint density at radius 2 is 2.44 bits per heavy atom. The van der Waals surface area contributed by atoms with Gasteiger partial charge in [0.1, 0.15) is 5.69 Å². The van der Waals surface area contributed by atoms with Crippen LogP contribution in [0.5, 0.6) is 5.88 Å². The zero-order chi connectivity index (χ0) is 11.7. The first-order valence-corrected chi connectivity index (χ1v) is 5.59. The second-order valence-corrected chi connectivity index (χ2v) is 4.46. The topological polar surface area (TPSA) is 62.7 Å². The molecule has 0 spiro atoms. The van der Waals surface area contributed by atoms with E-state index >= 15 is 0 Å². The summed E-state index contributed by atoms with van der Waals surface area (Å²) < 4.78 is 5.85. The first-order valence-electron chi connectivity index (χ1n) is 4.80. The molecular formula is C10H11BrN2O3. The van der Waals surface area contributed by atoms with Gasteiger partial charge in [-0.3, -0.25) is 4.79 Å². The van der Waals surface area contributed by atoms with E-state index < -0.39 is 6.10 Å². The van der Waals surface area contributed by atoms with Crippen molar-refractivity contribution in [1.29, 1.82) is 0 Å². The number of hydrogen-bond acceptors (Lipinski definition) is 4. The molecule has 2 heterocycles. The SMILES string of the molecule is COc1ncc(Br)cc1N1CC(O)CC1=O. The van der Waals surface area contributed by atoms with Crippen molar-refractivity contribution in [2.75, 3.05) is 18.6 Å². The maximum Gasteiger partial charge on any atom is 0.237 e. The van der Waals surface area contributed by atoms with E-state index in [4.69, 9.17) is 4.74 Å². The molecule has 2 rings (SSSR count). The zero-order valence-electron chi connectivity index (χ0n) is 8.68. The van der Waals surface area contributed by atoms with Crippen LogP contribution >= 0.6 is 15.9 Å².